The van der Waals surface area contributed by atoms with Crippen molar-refractivity contribution in [3.8, 4) is 5.75 Å². The van der Waals surface area contributed by atoms with Crippen LogP contribution in [0.5, 0.6) is 5.75 Å². The molecular formula is C12H20IN3O. The van der Waals surface area contributed by atoms with Crippen LogP contribution in [0.15, 0.2) is 29.3 Å². The molecule has 1 aromatic rings. The molecule has 0 atom stereocenters. The van der Waals surface area contributed by atoms with Crippen LogP contribution < -0.4 is 15.4 Å². The summed E-state index contributed by atoms with van der Waals surface area (Å²) in [6.45, 7) is 3.39. The summed E-state index contributed by atoms with van der Waals surface area (Å²) >= 11 is 0. The molecular weight excluding hydrogens is 329 g/mol. The monoisotopic (exact) mass is 349 g/mol. The molecule has 2 N–H and O–H groups in total. The minimum Gasteiger partial charge on any atom is -0.492 e. The van der Waals surface area contributed by atoms with Gasteiger partial charge in [0.1, 0.15) is 12.4 Å². The fraction of sp³-hybridized carbons (Fsp3) is 0.417. The fourth-order valence-corrected chi connectivity index (χ4v) is 1.32. The van der Waals surface area contributed by atoms with Crippen molar-refractivity contribution in [1.82, 2.24) is 10.6 Å². The van der Waals surface area contributed by atoms with Crippen LogP contribution in [0.4, 0.5) is 0 Å². The number of benzene rings is 1. The van der Waals surface area contributed by atoms with Gasteiger partial charge in [-0.3, -0.25) is 4.99 Å². The Hall–Kier alpha value is -0.980. The molecule has 0 amide bonds. The molecule has 0 heterocycles. The van der Waals surface area contributed by atoms with E-state index in [4.69, 9.17) is 4.74 Å². The molecule has 0 spiro atoms. The summed E-state index contributed by atoms with van der Waals surface area (Å²) in [5.41, 5.74) is 1.21. The Balaban J connectivity index is 0.00000256. The van der Waals surface area contributed by atoms with Gasteiger partial charge >= 0.3 is 0 Å². The molecule has 17 heavy (non-hydrogen) atoms. The molecule has 0 aliphatic rings. The molecule has 5 heteroatoms. The molecule has 96 valence electrons. The molecule has 0 unspecified atom stereocenters. The van der Waals surface area contributed by atoms with Crippen LogP contribution in [0.25, 0.3) is 0 Å². The predicted octanol–water partition coefficient (Wildman–Crippen LogP) is 1.79. The van der Waals surface area contributed by atoms with E-state index in [-0.39, 0.29) is 24.0 Å². The van der Waals surface area contributed by atoms with Crippen molar-refractivity contribution < 1.29 is 4.74 Å². The second-order valence-electron chi connectivity index (χ2n) is 3.41. The standard InChI is InChI=1S/C12H19N3O.HI/c1-10-5-4-6-11(9-10)16-8-7-15-12(13-2)14-3;/h4-6,9H,7-8H2,1-3H3,(H2,13,14,15);1H. The van der Waals surface area contributed by atoms with Crippen molar-refractivity contribution in [3.63, 3.8) is 0 Å². The molecule has 0 bridgehead atoms. The highest BCUT2D eigenvalue weighted by atomic mass is 127. The second-order valence-corrected chi connectivity index (χ2v) is 3.41. The Labute approximate surface area is 120 Å². The van der Waals surface area contributed by atoms with Gasteiger partial charge in [0.05, 0.1) is 6.54 Å². The van der Waals surface area contributed by atoms with Crippen LogP contribution in [0.1, 0.15) is 5.56 Å². The number of aryl methyl sites for hydroxylation is 1. The van der Waals surface area contributed by atoms with Crippen LogP contribution in [-0.2, 0) is 0 Å². The molecule has 0 aromatic heterocycles. The van der Waals surface area contributed by atoms with Gasteiger partial charge in [0, 0.05) is 14.1 Å². The number of guanidine groups is 1. The van der Waals surface area contributed by atoms with Crippen molar-refractivity contribution >= 4 is 29.9 Å². The number of nitrogens with zero attached hydrogens (tertiary/aromatic N) is 1. The van der Waals surface area contributed by atoms with E-state index in [0.29, 0.717) is 6.61 Å². The number of halogens is 1. The number of rotatable bonds is 4. The van der Waals surface area contributed by atoms with E-state index in [1.54, 1.807) is 7.05 Å². The first-order valence-corrected chi connectivity index (χ1v) is 5.34. The smallest absolute Gasteiger partial charge is 0.190 e. The van der Waals surface area contributed by atoms with Crippen molar-refractivity contribution in [3.05, 3.63) is 29.8 Å². The lowest BCUT2D eigenvalue weighted by molar-refractivity contribution is 0.322. The van der Waals surface area contributed by atoms with Crippen molar-refractivity contribution in [1.29, 1.82) is 0 Å². The third-order valence-corrected chi connectivity index (χ3v) is 2.11. The second kappa shape index (κ2) is 9.09. The summed E-state index contributed by atoms with van der Waals surface area (Å²) in [5, 5.41) is 6.06. The molecule has 1 rings (SSSR count). The number of nitrogens with one attached hydrogen (secondary N) is 2. The van der Waals surface area contributed by atoms with Crippen LogP contribution in [-0.4, -0.2) is 33.2 Å². The highest BCUT2D eigenvalue weighted by molar-refractivity contribution is 14.0. The Morgan fingerprint density at radius 3 is 2.76 bits per heavy atom. The predicted molar refractivity (Wildman–Crippen MR) is 82.5 cm³/mol. The minimum atomic E-state index is 0. The van der Waals surface area contributed by atoms with Crippen molar-refractivity contribution in [2.45, 2.75) is 6.92 Å². The lowest BCUT2D eigenvalue weighted by atomic mass is 10.2. The highest BCUT2D eigenvalue weighted by Gasteiger charge is 1.95. The maximum atomic E-state index is 5.58. The normalized spacial score (nSPS) is 10.4. The van der Waals surface area contributed by atoms with Gasteiger partial charge in [0.2, 0.25) is 0 Å². The van der Waals surface area contributed by atoms with Gasteiger partial charge in [-0.05, 0) is 24.6 Å². The first-order chi connectivity index (χ1) is 7.76. The van der Waals surface area contributed by atoms with Gasteiger partial charge in [-0.1, -0.05) is 12.1 Å². The molecule has 0 saturated carbocycles. The molecule has 0 radical (unpaired) electrons. The number of aliphatic imine (C=N–C) groups is 1. The molecule has 0 aliphatic heterocycles. The Kier molecular flexibility index (Phi) is 8.57. The van der Waals surface area contributed by atoms with E-state index in [9.17, 15) is 0 Å². The Bertz CT molecular complexity index is 355. The Morgan fingerprint density at radius 2 is 2.18 bits per heavy atom. The maximum absolute atomic E-state index is 5.58. The van der Waals surface area contributed by atoms with E-state index in [0.717, 1.165) is 18.3 Å². The minimum absolute atomic E-state index is 0. The molecule has 0 aliphatic carbocycles. The largest absolute Gasteiger partial charge is 0.492 e. The average molecular weight is 349 g/mol. The Morgan fingerprint density at radius 1 is 1.41 bits per heavy atom. The zero-order chi connectivity index (χ0) is 11.8. The van der Waals surface area contributed by atoms with E-state index in [1.165, 1.54) is 5.56 Å². The summed E-state index contributed by atoms with van der Waals surface area (Å²) in [6, 6.07) is 8.02. The summed E-state index contributed by atoms with van der Waals surface area (Å²) in [4.78, 5) is 4.00. The van der Waals surface area contributed by atoms with E-state index < -0.39 is 0 Å². The summed E-state index contributed by atoms with van der Waals surface area (Å²) < 4.78 is 5.58. The van der Waals surface area contributed by atoms with E-state index >= 15 is 0 Å². The first kappa shape index (κ1) is 16.0. The lowest BCUT2D eigenvalue weighted by Crippen LogP contribution is -2.37. The van der Waals surface area contributed by atoms with Gasteiger partial charge in [-0.15, -0.1) is 24.0 Å². The van der Waals surface area contributed by atoms with E-state index in [1.807, 2.05) is 38.2 Å². The van der Waals surface area contributed by atoms with Gasteiger partial charge in [-0.2, -0.15) is 0 Å². The van der Waals surface area contributed by atoms with Crippen LogP contribution in [0, 0.1) is 6.92 Å². The SMILES string of the molecule is CN=C(NC)NCCOc1cccc(C)c1.I. The highest BCUT2D eigenvalue weighted by Crippen LogP contribution is 2.11. The first-order valence-electron chi connectivity index (χ1n) is 5.34. The summed E-state index contributed by atoms with van der Waals surface area (Å²) in [5.74, 6) is 1.68. The van der Waals surface area contributed by atoms with Gasteiger partial charge in [0.25, 0.3) is 0 Å². The average Bonchev–Trinajstić information content (AvgIpc) is 2.29. The quantitative estimate of drug-likeness (QED) is 0.377. The zero-order valence-electron chi connectivity index (χ0n) is 10.5. The maximum Gasteiger partial charge on any atom is 0.190 e. The number of hydrogen-bond acceptors (Lipinski definition) is 2. The summed E-state index contributed by atoms with van der Waals surface area (Å²) in [6.07, 6.45) is 0. The summed E-state index contributed by atoms with van der Waals surface area (Å²) in [7, 11) is 3.57. The van der Waals surface area contributed by atoms with Crippen molar-refractivity contribution in [2.75, 3.05) is 27.2 Å². The number of ether oxygens (including phenoxy) is 1. The van der Waals surface area contributed by atoms with Crippen LogP contribution >= 0.6 is 24.0 Å². The number of hydrogen-bond donors (Lipinski definition) is 2. The third kappa shape index (κ3) is 6.35. The topological polar surface area (TPSA) is 45.7 Å². The molecule has 0 fully saturated rings. The zero-order valence-corrected chi connectivity index (χ0v) is 12.8. The van der Waals surface area contributed by atoms with Gasteiger partial charge < -0.3 is 15.4 Å². The molecule has 0 saturated heterocycles. The van der Waals surface area contributed by atoms with Gasteiger partial charge in [-0.25, -0.2) is 0 Å². The fourth-order valence-electron chi connectivity index (χ4n) is 1.32. The molecule has 1 aromatic carbocycles. The lowest BCUT2D eigenvalue weighted by Gasteiger charge is -2.10. The molecule has 4 nitrogen and oxygen atoms in total. The van der Waals surface area contributed by atoms with Crippen LogP contribution in [0.3, 0.4) is 0 Å². The van der Waals surface area contributed by atoms with Crippen molar-refractivity contribution in [2.24, 2.45) is 4.99 Å². The van der Waals surface area contributed by atoms with Crippen LogP contribution in [0.2, 0.25) is 0 Å². The van der Waals surface area contributed by atoms with Gasteiger partial charge in [0.15, 0.2) is 5.96 Å². The van der Waals surface area contributed by atoms with E-state index in [2.05, 4.69) is 15.6 Å². The third-order valence-electron chi connectivity index (χ3n) is 2.11.